The molecule has 29 heavy (non-hydrogen) atoms. The number of halogens is 1. The molecule has 2 heterocycles. The van der Waals surface area contributed by atoms with E-state index in [4.69, 9.17) is 17.3 Å². The largest absolute Gasteiger partial charge is 0.365 e. The van der Waals surface area contributed by atoms with Crippen molar-refractivity contribution >= 4 is 51.3 Å². The van der Waals surface area contributed by atoms with E-state index in [0.29, 0.717) is 33.7 Å². The number of nitrogens with two attached hydrogens (primary N) is 1. The predicted molar refractivity (Wildman–Crippen MR) is 115 cm³/mol. The van der Waals surface area contributed by atoms with Gasteiger partial charge in [-0.3, -0.25) is 14.4 Å². The van der Waals surface area contributed by atoms with Crippen molar-refractivity contribution in [2.75, 3.05) is 16.8 Å². The van der Waals surface area contributed by atoms with Gasteiger partial charge < -0.3 is 16.0 Å². The minimum absolute atomic E-state index is 0.109. The summed E-state index contributed by atoms with van der Waals surface area (Å²) in [5.41, 5.74) is 7.75. The van der Waals surface area contributed by atoms with Gasteiger partial charge in [0, 0.05) is 28.6 Å². The number of thiophene rings is 1. The number of hydrogen-bond donors (Lipinski definition) is 2. The Bertz CT molecular complexity index is 986. The monoisotopic (exact) mass is 431 g/mol. The number of anilines is 2. The maximum Gasteiger partial charge on any atom is 0.251 e. The van der Waals surface area contributed by atoms with Gasteiger partial charge in [0.05, 0.1) is 11.5 Å². The van der Waals surface area contributed by atoms with Crippen molar-refractivity contribution in [3.63, 3.8) is 0 Å². The number of carbonyl (C=O) groups excluding carboxylic acids is 3. The number of amides is 3. The van der Waals surface area contributed by atoms with Crippen molar-refractivity contribution in [2.24, 2.45) is 17.6 Å². The highest BCUT2D eigenvalue weighted by molar-refractivity contribution is 7.17. The number of carbonyl (C=O) groups is 3. The van der Waals surface area contributed by atoms with Gasteiger partial charge in [-0.2, -0.15) is 0 Å². The molecule has 6 nitrogen and oxygen atoms in total. The number of nitrogens with zero attached hydrogens (tertiary/aromatic N) is 1. The molecular formula is C21H22ClN3O3S. The highest BCUT2D eigenvalue weighted by Gasteiger charge is 2.36. The van der Waals surface area contributed by atoms with Crippen molar-refractivity contribution in [3.8, 4) is 0 Å². The Hall–Kier alpha value is -2.38. The molecule has 1 aliphatic carbocycles. The zero-order chi connectivity index (χ0) is 20.7. The topological polar surface area (TPSA) is 92.5 Å². The molecule has 0 saturated carbocycles. The van der Waals surface area contributed by atoms with E-state index < -0.39 is 11.8 Å². The number of primary amides is 1. The van der Waals surface area contributed by atoms with Crippen molar-refractivity contribution < 1.29 is 14.4 Å². The maximum atomic E-state index is 12.9. The van der Waals surface area contributed by atoms with Crippen LogP contribution in [0.2, 0.25) is 5.02 Å². The molecule has 1 aromatic heterocycles. The van der Waals surface area contributed by atoms with Crippen molar-refractivity contribution in [3.05, 3.63) is 45.3 Å². The molecule has 2 unspecified atom stereocenters. The van der Waals surface area contributed by atoms with Gasteiger partial charge >= 0.3 is 0 Å². The molecule has 2 aromatic rings. The lowest BCUT2D eigenvalue weighted by atomic mass is 9.88. The predicted octanol–water partition coefficient (Wildman–Crippen LogP) is 3.62. The molecule has 8 heteroatoms. The Balaban J connectivity index is 1.52. The molecule has 4 rings (SSSR count). The molecular weight excluding hydrogens is 410 g/mol. The first-order chi connectivity index (χ1) is 13.8. The van der Waals surface area contributed by atoms with Crippen LogP contribution in [0.25, 0.3) is 0 Å². The van der Waals surface area contributed by atoms with E-state index in [1.165, 1.54) is 11.3 Å². The molecule has 0 bridgehead atoms. The number of hydrogen-bond acceptors (Lipinski definition) is 4. The summed E-state index contributed by atoms with van der Waals surface area (Å²) in [5, 5.41) is 3.99. The van der Waals surface area contributed by atoms with E-state index in [0.717, 1.165) is 29.7 Å². The fourth-order valence-corrected chi connectivity index (χ4v) is 5.61. The lowest BCUT2D eigenvalue weighted by molar-refractivity contribution is -0.122. The fourth-order valence-electron chi connectivity index (χ4n) is 4.07. The molecule has 2 aliphatic rings. The van der Waals surface area contributed by atoms with Crippen LogP contribution in [0.1, 0.15) is 40.6 Å². The first kappa shape index (κ1) is 19.9. The Morgan fingerprint density at radius 1 is 1.24 bits per heavy atom. The second-order valence-electron chi connectivity index (χ2n) is 7.79. The van der Waals surface area contributed by atoms with Gasteiger partial charge in [-0.05, 0) is 55.0 Å². The third-order valence-electron chi connectivity index (χ3n) is 5.63. The van der Waals surface area contributed by atoms with Gasteiger partial charge in [-0.15, -0.1) is 11.3 Å². The second kappa shape index (κ2) is 7.80. The molecule has 1 aliphatic heterocycles. The number of rotatable bonds is 4. The Morgan fingerprint density at radius 2 is 1.97 bits per heavy atom. The minimum Gasteiger partial charge on any atom is -0.365 e. The summed E-state index contributed by atoms with van der Waals surface area (Å²) in [6.45, 7) is 2.47. The van der Waals surface area contributed by atoms with E-state index in [-0.39, 0.29) is 18.2 Å². The summed E-state index contributed by atoms with van der Waals surface area (Å²) < 4.78 is 0. The van der Waals surface area contributed by atoms with Gasteiger partial charge in [-0.25, -0.2) is 0 Å². The van der Waals surface area contributed by atoms with Crippen LogP contribution in [0.3, 0.4) is 0 Å². The van der Waals surface area contributed by atoms with Gasteiger partial charge in [-0.1, -0.05) is 18.5 Å². The van der Waals surface area contributed by atoms with Crippen molar-refractivity contribution in [2.45, 2.75) is 32.6 Å². The standard InChI is InChI=1S/C21H22ClN3O3S/c1-11-2-7-15-16(8-11)29-21(18(15)19(23)27)24-20(28)12-9-17(26)25(10-12)14-5-3-13(22)4-6-14/h3-6,11-12H,2,7-10H2,1H3,(H2,23,27)(H,24,28). The lowest BCUT2D eigenvalue weighted by Crippen LogP contribution is -2.28. The average Bonchev–Trinajstić information content (AvgIpc) is 3.22. The van der Waals surface area contributed by atoms with Gasteiger partial charge in [0.15, 0.2) is 0 Å². The van der Waals surface area contributed by atoms with Crippen LogP contribution in [0.4, 0.5) is 10.7 Å². The number of nitrogens with one attached hydrogen (secondary N) is 1. The van der Waals surface area contributed by atoms with Crippen LogP contribution in [-0.2, 0) is 22.4 Å². The van der Waals surface area contributed by atoms with Crippen molar-refractivity contribution in [1.29, 1.82) is 0 Å². The molecule has 3 amide bonds. The zero-order valence-electron chi connectivity index (χ0n) is 16.0. The van der Waals surface area contributed by atoms with E-state index in [9.17, 15) is 14.4 Å². The Kier molecular flexibility index (Phi) is 5.36. The van der Waals surface area contributed by atoms with Crippen LogP contribution < -0.4 is 16.0 Å². The lowest BCUT2D eigenvalue weighted by Gasteiger charge is -2.18. The summed E-state index contributed by atoms with van der Waals surface area (Å²) >= 11 is 7.35. The molecule has 1 aromatic carbocycles. The van der Waals surface area contributed by atoms with Crippen molar-refractivity contribution in [1.82, 2.24) is 0 Å². The van der Waals surface area contributed by atoms with Gasteiger partial charge in [0.2, 0.25) is 11.8 Å². The molecule has 2 atom stereocenters. The maximum absolute atomic E-state index is 12.9. The highest BCUT2D eigenvalue weighted by atomic mass is 35.5. The smallest absolute Gasteiger partial charge is 0.251 e. The molecule has 0 spiro atoms. The van der Waals surface area contributed by atoms with E-state index in [1.54, 1.807) is 29.2 Å². The average molecular weight is 432 g/mol. The minimum atomic E-state index is -0.516. The van der Waals surface area contributed by atoms with Crippen LogP contribution in [0, 0.1) is 11.8 Å². The normalized spacial score (nSPS) is 21.2. The SMILES string of the molecule is CC1CCc2c(sc(NC(=O)C3CC(=O)N(c4ccc(Cl)cc4)C3)c2C(N)=O)C1. The van der Waals surface area contributed by atoms with Crippen LogP contribution in [0.15, 0.2) is 24.3 Å². The Morgan fingerprint density at radius 3 is 2.66 bits per heavy atom. The summed E-state index contributed by atoms with van der Waals surface area (Å²) in [7, 11) is 0. The molecule has 0 radical (unpaired) electrons. The third kappa shape index (κ3) is 3.89. The van der Waals surface area contributed by atoms with Crippen LogP contribution in [-0.4, -0.2) is 24.3 Å². The molecule has 1 fully saturated rings. The third-order valence-corrected chi connectivity index (χ3v) is 7.05. The van der Waals surface area contributed by atoms with Gasteiger partial charge in [0.25, 0.3) is 5.91 Å². The molecule has 1 saturated heterocycles. The first-order valence-electron chi connectivity index (χ1n) is 9.64. The number of benzene rings is 1. The first-order valence-corrected chi connectivity index (χ1v) is 10.8. The van der Waals surface area contributed by atoms with Crippen LogP contribution >= 0.6 is 22.9 Å². The fraction of sp³-hybridized carbons (Fsp3) is 0.381. The highest BCUT2D eigenvalue weighted by Crippen LogP contribution is 2.40. The second-order valence-corrected chi connectivity index (χ2v) is 9.33. The summed E-state index contributed by atoms with van der Waals surface area (Å²) in [6, 6.07) is 6.96. The van der Waals surface area contributed by atoms with Crippen LogP contribution in [0.5, 0.6) is 0 Å². The Labute approximate surface area is 178 Å². The summed E-state index contributed by atoms with van der Waals surface area (Å²) in [4.78, 5) is 40.1. The molecule has 3 N–H and O–H groups in total. The molecule has 152 valence electrons. The zero-order valence-corrected chi connectivity index (χ0v) is 17.6. The quantitative estimate of drug-likeness (QED) is 0.774. The number of fused-ring (bicyclic) bond motifs is 1. The summed E-state index contributed by atoms with van der Waals surface area (Å²) in [6.07, 6.45) is 2.82. The van der Waals surface area contributed by atoms with E-state index in [2.05, 4.69) is 12.2 Å². The van der Waals surface area contributed by atoms with E-state index >= 15 is 0 Å². The van der Waals surface area contributed by atoms with E-state index in [1.807, 2.05) is 0 Å². The summed E-state index contributed by atoms with van der Waals surface area (Å²) in [5.74, 6) is -0.828. The van der Waals surface area contributed by atoms with Gasteiger partial charge in [0.1, 0.15) is 5.00 Å².